The number of anilines is 1. The van der Waals surface area contributed by atoms with Crippen molar-refractivity contribution in [3.8, 4) is 0 Å². The zero-order valence-electron chi connectivity index (χ0n) is 16.9. The number of carbonyl (C=O) groups excluding carboxylic acids is 2. The van der Waals surface area contributed by atoms with E-state index in [0.717, 1.165) is 42.5 Å². The van der Waals surface area contributed by atoms with Crippen molar-refractivity contribution in [1.29, 1.82) is 0 Å². The Morgan fingerprint density at radius 1 is 1.04 bits per heavy atom. The molecule has 2 rings (SSSR count). The molecule has 0 radical (unpaired) electrons. The van der Waals surface area contributed by atoms with Gasteiger partial charge in [-0.15, -0.1) is 0 Å². The predicted molar refractivity (Wildman–Crippen MR) is 107 cm³/mol. The van der Waals surface area contributed by atoms with Crippen molar-refractivity contribution >= 4 is 17.5 Å². The minimum Gasteiger partial charge on any atom is -0.344 e. The number of hydrogen-bond acceptors (Lipinski definition) is 2. The number of rotatable bonds is 6. The molecule has 0 aliphatic heterocycles. The molecular formula is C22H34N2O2. The van der Waals surface area contributed by atoms with Crippen LogP contribution >= 0.6 is 0 Å². The first kappa shape index (κ1) is 20.5. The Morgan fingerprint density at radius 2 is 1.62 bits per heavy atom. The van der Waals surface area contributed by atoms with Crippen molar-refractivity contribution in [1.82, 2.24) is 5.32 Å². The molecule has 2 N–H and O–H groups in total. The molecule has 1 aliphatic rings. The molecule has 0 aromatic heterocycles. The summed E-state index contributed by atoms with van der Waals surface area (Å²) < 4.78 is 0. The van der Waals surface area contributed by atoms with Crippen LogP contribution in [-0.2, 0) is 9.59 Å². The summed E-state index contributed by atoms with van der Waals surface area (Å²) in [6.07, 6.45) is 4.70. The van der Waals surface area contributed by atoms with E-state index in [1.807, 2.05) is 26.0 Å². The second-order valence-electron chi connectivity index (χ2n) is 8.51. The smallest absolute Gasteiger partial charge is 0.246 e. The van der Waals surface area contributed by atoms with E-state index in [0.29, 0.717) is 18.3 Å². The molecule has 4 nitrogen and oxygen atoms in total. The van der Waals surface area contributed by atoms with Gasteiger partial charge in [-0.3, -0.25) is 9.59 Å². The van der Waals surface area contributed by atoms with Gasteiger partial charge in [0.25, 0.3) is 0 Å². The minimum atomic E-state index is -0.484. The summed E-state index contributed by atoms with van der Waals surface area (Å²) in [7, 11) is 0. The lowest BCUT2D eigenvalue weighted by Gasteiger charge is -2.28. The van der Waals surface area contributed by atoms with E-state index >= 15 is 0 Å². The van der Waals surface area contributed by atoms with Crippen molar-refractivity contribution in [3.05, 3.63) is 29.3 Å². The SMILES string of the molecule is Cc1cc(C)cc(NC(=O)[C@H](CC(C)C)NC(=O)C2CCC(C)CC2)c1. The van der Waals surface area contributed by atoms with E-state index in [9.17, 15) is 9.59 Å². The van der Waals surface area contributed by atoms with Gasteiger partial charge in [-0.2, -0.15) is 0 Å². The third kappa shape index (κ3) is 6.15. The monoisotopic (exact) mass is 358 g/mol. The lowest BCUT2D eigenvalue weighted by atomic mass is 9.82. The minimum absolute atomic E-state index is 0.0399. The molecule has 144 valence electrons. The van der Waals surface area contributed by atoms with Crippen LogP contribution in [-0.4, -0.2) is 17.9 Å². The van der Waals surface area contributed by atoms with Crippen molar-refractivity contribution < 1.29 is 9.59 Å². The van der Waals surface area contributed by atoms with Gasteiger partial charge in [-0.25, -0.2) is 0 Å². The van der Waals surface area contributed by atoms with Gasteiger partial charge in [-0.1, -0.05) is 26.8 Å². The Balaban J connectivity index is 2.03. The van der Waals surface area contributed by atoms with E-state index < -0.39 is 6.04 Å². The Kier molecular flexibility index (Phi) is 7.24. The number of benzene rings is 1. The summed E-state index contributed by atoms with van der Waals surface area (Å²) in [5.74, 6) is 1.00. The molecule has 0 bridgehead atoms. The molecule has 0 spiro atoms. The van der Waals surface area contributed by atoms with Crippen LogP contribution in [0, 0.1) is 31.6 Å². The quantitative estimate of drug-likeness (QED) is 0.781. The average molecular weight is 359 g/mol. The number of amides is 2. The van der Waals surface area contributed by atoms with Crippen molar-refractivity contribution in [2.24, 2.45) is 17.8 Å². The van der Waals surface area contributed by atoms with Crippen LogP contribution in [0.4, 0.5) is 5.69 Å². The standard InChI is InChI=1S/C22H34N2O2/c1-14(2)10-20(24-21(25)18-8-6-15(3)7-9-18)22(26)23-19-12-16(4)11-17(5)13-19/h11-15,18,20H,6-10H2,1-5H3,(H,23,26)(H,24,25)/t15?,18?,20-/m0/s1. The number of hydrogen-bond donors (Lipinski definition) is 2. The van der Waals surface area contributed by atoms with E-state index in [-0.39, 0.29) is 17.7 Å². The van der Waals surface area contributed by atoms with E-state index in [1.54, 1.807) is 0 Å². The van der Waals surface area contributed by atoms with Crippen molar-refractivity contribution in [3.63, 3.8) is 0 Å². The molecule has 0 heterocycles. The van der Waals surface area contributed by atoms with Crippen molar-refractivity contribution in [2.45, 2.75) is 72.8 Å². The lowest BCUT2D eigenvalue weighted by molar-refractivity contribution is -0.130. The summed E-state index contributed by atoms with van der Waals surface area (Å²) in [6, 6.07) is 5.51. The summed E-state index contributed by atoms with van der Waals surface area (Å²) in [6.45, 7) is 10.4. The lowest BCUT2D eigenvalue weighted by Crippen LogP contribution is -2.47. The normalized spacial score (nSPS) is 21.3. The van der Waals surface area contributed by atoms with Crippen LogP contribution < -0.4 is 10.6 Å². The van der Waals surface area contributed by atoms with Gasteiger partial charge < -0.3 is 10.6 Å². The Hall–Kier alpha value is -1.84. The zero-order valence-corrected chi connectivity index (χ0v) is 16.9. The van der Waals surface area contributed by atoms with Crippen LogP contribution in [0.5, 0.6) is 0 Å². The predicted octanol–water partition coefficient (Wildman–Crippen LogP) is 4.60. The van der Waals surface area contributed by atoms with E-state index in [2.05, 4.69) is 37.5 Å². The molecule has 1 saturated carbocycles. The molecule has 1 aliphatic carbocycles. The Morgan fingerprint density at radius 3 is 2.15 bits per heavy atom. The average Bonchev–Trinajstić information content (AvgIpc) is 2.53. The fourth-order valence-electron chi connectivity index (χ4n) is 3.79. The summed E-state index contributed by atoms with van der Waals surface area (Å²) in [5, 5.41) is 6.02. The number of aryl methyl sites for hydroxylation is 2. The molecule has 4 heteroatoms. The van der Waals surface area contributed by atoms with Crippen molar-refractivity contribution in [2.75, 3.05) is 5.32 Å². The molecule has 0 saturated heterocycles. The highest BCUT2D eigenvalue weighted by Crippen LogP contribution is 2.28. The third-order valence-corrected chi connectivity index (χ3v) is 5.22. The van der Waals surface area contributed by atoms with Gasteiger partial charge in [0.1, 0.15) is 6.04 Å². The van der Waals surface area contributed by atoms with Gasteiger partial charge in [0.2, 0.25) is 11.8 Å². The highest BCUT2D eigenvalue weighted by molar-refractivity contribution is 5.97. The molecule has 1 aromatic rings. The summed E-state index contributed by atoms with van der Waals surface area (Å²) in [4.78, 5) is 25.5. The second-order valence-corrected chi connectivity index (χ2v) is 8.51. The fourth-order valence-corrected chi connectivity index (χ4v) is 3.79. The first-order valence-electron chi connectivity index (χ1n) is 9.94. The van der Waals surface area contributed by atoms with Gasteiger partial charge >= 0.3 is 0 Å². The maximum atomic E-state index is 12.8. The zero-order chi connectivity index (χ0) is 19.3. The van der Waals surface area contributed by atoms with E-state index in [4.69, 9.17) is 0 Å². The highest BCUT2D eigenvalue weighted by atomic mass is 16.2. The molecule has 0 unspecified atom stereocenters. The molecular weight excluding hydrogens is 324 g/mol. The first-order chi connectivity index (χ1) is 12.2. The van der Waals surface area contributed by atoms with Crippen LogP contribution in [0.1, 0.15) is 64.0 Å². The van der Waals surface area contributed by atoms with Crippen LogP contribution in [0.2, 0.25) is 0 Å². The maximum absolute atomic E-state index is 12.8. The Labute approximate surface area is 158 Å². The first-order valence-corrected chi connectivity index (χ1v) is 9.94. The molecule has 1 fully saturated rings. The van der Waals surface area contributed by atoms with E-state index in [1.165, 1.54) is 0 Å². The molecule has 1 aromatic carbocycles. The number of nitrogens with one attached hydrogen (secondary N) is 2. The van der Waals surface area contributed by atoms with Gasteiger partial charge in [-0.05, 0) is 81.0 Å². The van der Waals surface area contributed by atoms with Gasteiger partial charge in [0, 0.05) is 11.6 Å². The highest BCUT2D eigenvalue weighted by Gasteiger charge is 2.28. The van der Waals surface area contributed by atoms with Crippen LogP contribution in [0.25, 0.3) is 0 Å². The largest absolute Gasteiger partial charge is 0.344 e. The number of carbonyl (C=O) groups is 2. The fraction of sp³-hybridized carbons (Fsp3) is 0.636. The molecule has 2 amide bonds. The van der Waals surface area contributed by atoms with Crippen LogP contribution in [0.15, 0.2) is 18.2 Å². The third-order valence-electron chi connectivity index (χ3n) is 5.22. The van der Waals surface area contributed by atoms with Gasteiger partial charge in [0.05, 0.1) is 0 Å². The topological polar surface area (TPSA) is 58.2 Å². The molecule has 1 atom stereocenters. The summed E-state index contributed by atoms with van der Waals surface area (Å²) in [5.41, 5.74) is 3.02. The van der Waals surface area contributed by atoms with Crippen LogP contribution in [0.3, 0.4) is 0 Å². The summed E-state index contributed by atoms with van der Waals surface area (Å²) >= 11 is 0. The Bertz CT molecular complexity index is 611. The second kappa shape index (κ2) is 9.20. The maximum Gasteiger partial charge on any atom is 0.246 e. The van der Waals surface area contributed by atoms with Gasteiger partial charge in [0.15, 0.2) is 0 Å². The molecule has 26 heavy (non-hydrogen) atoms.